The van der Waals surface area contributed by atoms with Gasteiger partial charge in [-0.05, 0) is 62.1 Å². The molecule has 1 aromatic heterocycles. The monoisotopic (exact) mass is 424 g/mol. The summed E-state index contributed by atoms with van der Waals surface area (Å²) in [7, 11) is 1.89. The Morgan fingerprint density at radius 2 is 1.90 bits per heavy atom. The van der Waals surface area contributed by atoms with Gasteiger partial charge in [0.2, 0.25) is 5.91 Å². The summed E-state index contributed by atoms with van der Waals surface area (Å²) in [5.74, 6) is 1.70. The number of benzene rings is 2. The van der Waals surface area contributed by atoms with Crippen LogP contribution < -0.4 is 10.1 Å². The highest BCUT2D eigenvalue weighted by Crippen LogP contribution is 2.24. The number of carbonyl (C=O) groups is 1. The van der Waals surface area contributed by atoms with Crippen molar-refractivity contribution in [1.82, 2.24) is 14.8 Å². The van der Waals surface area contributed by atoms with E-state index in [-0.39, 0.29) is 17.8 Å². The molecule has 0 spiro atoms. The third-order valence-corrected chi connectivity index (χ3v) is 5.90. The van der Waals surface area contributed by atoms with E-state index in [1.165, 1.54) is 17.3 Å². The topological polar surface area (TPSA) is 69.0 Å². The molecule has 1 N–H and O–H groups in total. The first-order chi connectivity index (χ1) is 14.4. The maximum atomic E-state index is 12.4. The lowest BCUT2D eigenvalue weighted by Crippen LogP contribution is -2.15. The van der Waals surface area contributed by atoms with Crippen molar-refractivity contribution in [3.8, 4) is 5.75 Å². The SMILES string of the molecule is CCc1ccc(OC(C)c2nnc(SCC(=O)Nc3cc(C)ccc3C)n2C)cc1. The Morgan fingerprint density at radius 1 is 1.17 bits per heavy atom. The zero-order chi connectivity index (χ0) is 21.7. The summed E-state index contributed by atoms with van der Waals surface area (Å²) in [4.78, 5) is 12.4. The van der Waals surface area contributed by atoms with Crippen molar-refractivity contribution < 1.29 is 9.53 Å². The Bertz CT molecular complexity index is 1010. The summed E-state index contributed by atoms with van der Waals surface area (Å²) in [6.45, 7) is 8.06. The summed E-state index contributed by atoms with van der Waals surface area (Å²) < 4.78 is 7.89. The van der Waals surface area contributed by atoms with Crippen molar-refractivity contribution in [3.63, 3.8) is 0 Å². The molecule has 6 nitrogen and oxygen atoms in total. The lowest BCUT2D eigenvalue weighted by molar-refractivity contribution is -0.113. The molecule has 0 aliphatic rings. The second-order valence-electron chi connectivity index (χ2n) is 7.31. The Labute approximate surface area is 182 Å². The average Bonchev–Trinajstić information content (AvgIpc) is 3.10. The van der Waals surface area contributed by atoms with Crippen molar-refractivity contribution >= 4 is 23.4 Å². The van der Waals surface area contributed by atoms with Gasteiger partial charge in [0.25, 0.3) is 0 Å². The van der Waals surface area contributed by atoms with Crippen LogP contribution in [-0.2, 0) is 18.3 Å². The van der Waals surface area contributed by atoms with Gasteiger partial charge in [-0.2, -0.15) is 0 Å². The summed E-state index contributed by atoms with van der Waals surface area (Å²) in [6, 6.07) is 14.1. The molecule has 0 saturated carbocycles. The van der Waals surface area contributed by atoms with E-state index < -0.39 is 0 Å². The van der Waals surface area contributed by atoms with E-state index in [1.54, 1.807) is 0 Å². The number of hydrogen-bond donors (Lipinski definition) is 1. The Morgan fingerprint density at radius 3 is 2.60 bits per heavy atom. The molecule has 1 amide bonds. The van der Waals surface area contributed by atoms with E-state index in [9.17, 15) is 4.79 Å². The fraction of sp³-hybridized carbons (Fsp3) is 0.348. The van der Waals surface area contributed by atoms with Gasteiger partial charge in [0.1, 0.15) is 5.75 Å². The van der Waals surface area contributed by atoms with Gasteiger partial charge in [-0.15, -0.1) is 10.2 Å². The van der Waals surface area contributed by atoms with E-state index in [0.29, 0.717) is 11.0 Å². The molecule has 30 heavy (non-hydrogen) atoms. The van der Waals surface area contributed by atoms with Crippen LogP contribution in [-0.4, -0.2) is 26.4 Å². The molecule has 0 aliphatic heterocycles. The molecule has 0 radical (unpaired) electrons. The first-order valence-corrected chi connectivity index (χ1v) is 11.0. The van der Waals surface area contributed by atoms with Gasteiger partial charge < -0.3 is 14.6 Å². The lowest BCUT2D eigenvalue weighted by Gasteiger charge is -2.14. The second kappa shape index (κ2) is 9.80. The van der Waals surface area contributed by atoms with Crippen LogP contribution in [0.2, 0.25) is 0 Å². The fourth-order valence-corrected chi connectivity index (χ4v) is 3.77. The molecule has 1 unspecified atom stereocenters. The Hall–Kier alpha value is -2.80. The Kier molecular flexibility index (Phi) is 7.15. The molecule has 158 valence electrons. The normalized spacial score (nSPS) is 11.9. The number of nitrogens with zero attached hydrogens (tertiary/aromatic N) is 3. The van der Waals surface area contributed by atoms with Crippen LogP contribution in [0.4, 0.5) is 5.69 Å². The minimum absolute atomic E-state index is 0.0708. The number of thioether (sulfide) groups is 1. The third kappa shape index (κ3) is 5.42. The van der Waals surface area contributed by atoms with Gasteiger partial charge in [0, 0.05) is 12.7 Å². The van der Waals surface area contributed by atoms with Crippen molar-refractivity contribution in [2.45, 2.75) is 45.4 Å². The predicted octanol–water partition coefficient (Wildman–Crippen LogP) is 4.87. The molecule has 1 atom stereocenters. The van der Waals surface area contributed by atoms with Crippen LogP contribution in [0, 0.1) is 13.8 Å². The first kappa shape index (κ1) is 21.9. The van der Waals surface area contributed by atoms with Gasteiger partial charge in [-0.25, -0.2) is 0 Å². The highest BCUT2D eigenvalue weighted by molar-refractivity contribution is 7.99. The number of rotatable bonds is 8. The zero-order valence-electron chi connectivity index (χ0n) is 18.1. The van der Waals surface area contributed by atoms with Crippen LogP contribution in [0.15, 0.2) is 47.6 Å². The van der Waals surface area contributed by atoms with Crippen LogP contribution in [0.25, 0.3) is 0 Å². The highest BCUT2D eigenvalue weighted by Gasteiger charge is 2.18. The number of hydrogen-bond acceptors (Lipinski definition) is 5. The van der Waals surface area contributed by atoms with Crippen LogP contribution in [0.1, 0.15) is 42.5 Å². The average molecular weight is 425 g/mol. The number of carbonyl (C=O) groups excluding carboxylic acids is 1. The maximum absolute atomic E-state index is 12.4. The fourth-order valence-electron chi connectivity index (χ4n) is 3.05. The molecule has 0 fully saturated rings. The molecule has 0 saturated heterocycles. The number of aryl methyl sites for hydroxylation is 3. The molecule has 2 aromatic carbocycles. The molecular weight excluding hydrogens is 396 g/mol. The van der Waals surface area contributed by atoms with Gasteiger partial charge in [0.05, 0.1) is 5.75 Å². The van der Waals surface area contributed by atoms with Crippen molar-refractivity contribution in [1.29, 1.82) is 0 Å². The van der Waals surface area contributed by atoms with E-state index >= 15 is 0 Å². The molecular formula is C23H28N4O2S. The summed E-state index contributed by atoms with van der Waals surface area (Å²) >= 11 is 1.36. The van der Waals surface area contributed by atoms with Crippen LogP contribution >= 0.6 is 11.8 Å². The number of ether oxygens (including phenoxy) is 1. The minimum Gasteiger partial charge on any atom is -0.483 e. The zero-order valence-corrected chi connectivity index (χ0v) is 18.9. The smallest absolute Gasteiger partial charge is 0.234 e. The van der Waals surface area contributed by atoms with Gasteiger partial charge in [-0.3, -0.25) is 4.79 Å². The summed E-state index contributed by atoms with van der Waals surface area (Å²) in [5.41, 5.74) is 4.26. The molecule has 3 aromatic rings. The van der Waals surface area contributed by atoms with Crippen LogP contribution in [0.3, 0.4) is 0 Å². The maximum Gasteiger partial charge on any atom is 0.234 e. The number of amides is 1. The Balaban J connectivity index is 1.59. The standard InChI is InChI=1S/C23H28N4O2S/c1-6-18-9-11-19(12-10-18)29-17(4)22-25-26-23(27(22)5)30-14-21(28)24-20-13-15(2)7-8-16(20)3/h7-13,17H,6,14H2,1-5H3,(H,24,28). The molecule has 3 rings (SSSR count). The molecule has 0 aliphatic carbocycles. The number of nitrogens with one attached hydrogen (secondary N) is 1. The summed E-state index contributed by atoms with van der Waals surface area (Å²) in [5, 5.41) is 12.1. The van der Waals surface area contributed by atoms with Gasteiger partial charge in [0.15, 0.2) is 17.1 Å². The second-order valence-corrected chi connectivity index (χ2v) is 8.26. The highest BCUT2D eigenvalue weighted by atomic mass is 32.2. The number of aromatic nitrogens is 3. The molecule has 1 heterocycles. The van der Waals surface area contributed by atoms with Gasteiger partial charge in [-0.1, -0.05) is 43.0 Å². The van der Waals surface area contributed by atoms with E-state index in [0.717, 1.165) is 29.0 Å². The van der Waals surface area contributed by atoms with Gasteiger partial charge >= 0.3 is 0 Å². The lowest BCUT2D eigenvalue weighted by atomic mass is 10.1. The van der Waals surface area contributed by atoms with Crippen molar-refractivity contribution in [2.24, 2.45) is 7.05 Å². The predicted molar refractivity (Wildman–Crippen MR) is 121 cm³/mol. The van der Waals surface area contributed by atoms with E-state index in [2.05, 4.69) is 34.6 Å². The third-order valence-electron chi connectivity index (χ3n) is 4.88. The minimum atomic E-state index is -0.256. The van der Waals surface area contributed by atoms with E-state index in [1.807, 2.05) is 62.7 Å². The first-order valence-electron chi connectivity index (χ1n) is 10.0. The largest absolute Gasteiger partial charge is 0.483 e. The van der Waals surface area contributed by atoms with Crippen molar-refractivity contribution in [2.75, 3.05) is 11.1 Å². The quantitative estimate of drug-likeness (QED) is 0.523. The molecule has 7 heteroatoms. The molecule has 0 bridgehead atoms. The van der Waals surface area contributed by atoms with Crippen molar-refractivity contribution in [3.05, 3.63) is 65.0 Å². The number of anilines is 1. The van der Waals surface area contributed by atoms with Crippen LogP contribution in [0.5, 0.6) is 5.75 Å². The summed E-state index contributed by atoms with van der Waals surface area (Å²) in [6.07, 6.45) is 0.740. The van der Waals surface area contributed by atoms with E-state index in [4.69, 9.17) is 4.74 Å².